The molecule has 0 saturated heterocycles. The van der Waals surface area contributed by atoms with Crippen LogP contribution in [0.1, 0.15) is 28.4 Å². The van der Waals surface area contributed by atoms with Crippen molar-refractivity contribution in [2.75, 3.05) is 20.3 Å². The van der Waals surface area contributed by atoms with Crippen molar-refractivity contribution in [2.24, 2.45) is 0 Å². The highest BCUT2D eigenvalue weighted by atomic mass is 16.5. The van der Waals surface area contributed by atoms with Crippen molar-refractivity contribution < 1.29 is 14.6 Å². The molecule has 3 heteroatoms. The molecule has 21 heavy (non-hydrogen) atoms. The van der Waals surface area contributed by atoms with Gasteiger partial charge in [0.15, 0.2) is 0 Å². The molecule has 112 valence electrons. The zero-order chi connectivity index (χ0) is 15.2. The molecule has 0 heterocycles. The summed E-state index contributed by atoms with van der Waals surface area (Å²) in [6.45, 7) is 5.05. The van der Waals surface area contributed by atoms with Crippen molar-refractivity contribution in [1.29, 1.82) is 0 Å². The third kappa shape index (κ3) is 4.06. The average Bonchev–Trinajstić information content (AvgIpc) is 2.46. The molecule has 2 aromatic rings. The zero-order valence-electron chi connectivity index (χ0n) is 12.8. The van der Waals surface area contributed by atoms with Crippen LogP contribution in [0.25, 0.3) is 0 Å². The maximum absolute atomic E-state index is 10.7. The Kier molecular flexibility index (Phi) is 5.37. The number of methoxy groups -OCH3 is 1. The van der Waals surface area contributed by atoms with Crippen LogP contribution in [-0.4, -0.2) is 25.4 Å². The standard InChI is InChI=1S/C18H22O3/c1-13-10-14(2)12-15(11-13)18(19)16-6-4-5-7-17(16)21-9-8-20-3/h4-7,10-12,18-19H,8-9H2,1-3H3. The summed E-state index contributed by atoms with van der Waals surface area (Å²) in [7, 11) is 1.64. The summed E-state index contributed by atoms with van der Waals surface area (Å²) in [5.74, 6) is 0.696. The number of rotatable bonds is 6. The zero-order valence-corrected chi connectivity index (χ0v) is 12.8. The molecular formula is C18H22O3. The van der Waals surface area contributed by atoms with E-state index in [9.17, 15) is 5.11 Å². The van der Waals surface area contributed by atoms with Gasteiger partial charge in [0.1, 0.15) is 18.5 Å². The van der Waals surface area contributed by atoms with Crippen LogP contribution >= 0.6 is 0 Å². The number of hydrogen-bond acceptors (Lipinski definition) is 3. The van der Waals surface area contributed by atoms with E-state index < -0.39 is 6.10 Å². The van der Waals surface area contributed by atoms with E-state index in [1.807, 2.05) is 50.2 Å². The van der Waals surface area contributed by atoms with Crippen LogP contribution in [0.2, 0.25) is 0 Å². The van der Waals surface area contributed by atoms with Gasteiger partial charge in [-0.15, -0.1) is 0 Å². The predicted octanol–water partition coefficient (Wildman–Crippen LogP) is 3.41. The molecule has 1 unspecified atom stereocenters. The highest BCUT2D eigenvalue weighted by molar-refractivity contribution is 5.42. The van der Waals surface area contributed by atoms with Gasteiger partial charge >= 0.3 is 0 Å². The Labute approximate surface area is 126 Å². The summed E-state index contributed by atoms with van der Waals surface area (Å²) >= 11 is 0. The monoisotopic (exact) mass is 286 g/mol. The number of para-hydroxylation sites is 1. The minimum Gasteiger partial charge on any atom is -0.491 e. The van der Waals surface area contributed by atoms with Crippen LogP contribution < -0.4 is 4.74 Å². The van der Waals surface area contributed by atoms with Gasteiger partial charge < -0.3 is 14.6 Å². The molecule has 1 atom stereocenters. The highest BCUT2D eigenvalue weighted by Gasteiger charge is 2.15. The minimum atomic E-state index is -0.692. The van der Waals surface area contributed by atoms with E-state index in [0.29, 0.717) is 19.0 Å². The highest BCUT2D eigenvalue weighted by Crippen LogP contribution is 2.30. The molecule has 0 aliphatic carbocycles. The van der Waals surface area contributed by atoms with Gasteiger partial charge in [-0.2, -0.15) is 0 Å². The Morgan fingerprint density at radius 3 is 2.33 bits per heavy atom. The van der Waals surface area contributed by atoms with Crippen molar-refractivity contribution in [3.8, 4) is 5.75 Å². The average molecular weight is 286 g/mol. The summed E-state index contributed by atoms with van der Waals surface area (Å²) < 4.78 is 10.7. The molecule has 0 spiro atoms. The molecule has 0 aliphatic rings. The van der Waals surface area contributed by atoms with E-state index in [2.05, 4.69) is 6.07 Å². The van der Waals surface area contributed by atoms with Crippen molar-refractivity contribution >= 4 is 0 Å². The predicted molar refractivity (Wildman–Crippen MR) is 83.8 cm³/mol. The van der Waals surface area contributed by atoms with Gasteiger partial charge in [0.2, 0.25) is 0 Å². The van der Waals surface area contributed by atoms with Crippen LogP contribution in [-0.2, 0) is 4.74 Å². The van der Waals surface area contributed by atoms with Crippen molar-refractivity contribution in [3.05, 3.63) is 64.7 Å². The second-order valence-corrected chi connectivity index (χ2v) is 5.20. The Morgan fingerprint density at radius 1 is 1.00 bits per heavy atom. The van der Waals surface area contributed by atoms with Crippen molar-refractivity contribution in [3.63, 3.8) is 0 Å². The van der Waals surface area contributed by atoms with Crippen LogP contribution in [0.5, 0.6) is 5.75 Å². The van der Waals surface area contributed by atoms with Gasteiger partial charge in [0.25, 0.3) is 0 Å². The maximum Gasteiger partial charge on any atom is 0.125 e. The first-order valence-corrected chi connectivity index (χ1v) is 7.08. The smallest absolute Gasteiger partial charge is 0.125 e. The fraction of sp³-hybridized carbons (Fsp3) is 0.333. The van der Waals surface area contributed by atoms with Gasteiger partial charge in [0, 0.05) is 12.7 Å². The number of aryl methyl sites for hydroxylation is 2. The number of ether oxygens (including phenoxy) is 2. The third-order valence-electron chi connectivity index (χ3n) is 3.32. The fourth-order valence-corrected chi connectivity index (χ4v) is 2.42. The first kappa shape index (κ1) is 15.5. The lowest BCUT2D eigenvalue weighted by Crippen LogP contribution is -2.08. The van der Waals surface area contributed by atoms with E-state index in [0.717, 1.165) is 22.3 Å². The Morgan fingerprint density at radius 2 is 1.67 bits per heavy atom. The summed E-state index contributed by atoms with van der Waals surface area (Å²) in [5.41, 5.74) is 3.94. The summed E-state index contributed by atoms with van der Waals surface area (Å²) in [5, 5.41) is 10.7. The van der Waals surface area contributed by atoms with Crippen LogP contribution in [0.3, 0.4) is 0 Å². The normalized spacial score (nSPS) is 12.2. The molecule has 0 amide bonds. The molecule has 3 nitrogen and oxygen atoms in total. The molecule has 0 radical (unpaired) electrons. The molecule has 0 fully saturated rings. The summed E-state index contributed by atoms with van der Waals surface area (Å²) in [6, 6.07) is 13.7. The number of hydrogen-bond donors (Lipinski definition) is 1. The van der Waals surface area contributed by atoms with Crippen LogP contribution in [0.15, 0.2) is 42.5 Å². The second-order valence-electron chi connectivity index (χ2n) is 5.20. The molecular weight excluding hydrogens is 264 g/mol. The number of aliphatic hydroxyl groups is 1. The molecule has 0 aliphatic heterocycles. The van der Waals surface area contributed by atoms with Gasteiger partial charge in [0.05, 0.1) is 6.61 Å². The third-order valence-corrected chi connectivity index (χ3v) is 3.32. The molecule has 0 bridgehead atoms. The van der Waals surface area contributed by atoms with Gasteiger partial charge in [-0.05, 0) is 25.5 Å². The number of aliphatic hydroxyl groups excluding tert-OH is 1. The van der Waals surface area contributed by atoms with E-state index >= 15 is 0 Å². The van der Waals surface area contributed by atoms with Crippen LogP contribution in [0, 0.1) is 13.8 Å². The Hall–Kier alpha value is -1.84. The lowest BCUT2D eigenvalue weighted by molar-refractivity contribution is 0.142. The minimum absolute atomic E-state index is 0.465. The molecule has 1 N–H and O–H groups in total. The largest absolute Gasteiger partial charge is 0.491 e. The molecule has 0 saturated carbocycles. The first-order valence-electron chi connectivity index (χ1n) is 7.08. The maximum atomic E-state index is 10.7. The van der Waals surface area contributed by atoms with Crippen LogP contribution in [0.4, 0.5) is 0 Å². The Balaban J connectivity index is 2.27. The lowest BCUT2D eigenvalue weighted by atomic mass is 9.97. The Bertz CT molecular complexity index is 573. The molecule has 0 aromatic heterocycles. The van der Waals surface area contributed by atoms with Crippen molar-refractivity contribution in [2.45, 2.75) is 20.0 Å². The summed E-state index contributed by atoms with van der Waals surface area (Å²) in [4.78, 5) is 0. The van der Waals surface area contributed by atoms with E-state index in [4.69, 9.17) is 9.47 Å². The second kappa shape index (κ2) is 7.25. The summed E-state index contributed by atoms with van der Waals surface area (Å²) in [6.07, 6.45) is -0.692. The van der Waals surface area contributed by atoms with E-state index in [1.54, 1.807) is 7.11 Å². The SMILES string of the molecule is COCCOc1ccccc1C(O)c1cc(C)cc(C)c1. The van der Waals surface area contributed by atoms with E-state index in [1.165, 1.54) is 0 Å². The lowest BCUT2D eigenvalue weighted by Gasteiger charge is -2.17. The van der Waals surface area contributed by atoms with Gasteiger partial charge in [-0.25, -0.2) is 0 Å². The van der Waals surface area contributed by atoms with Gasteiger partial charge in [-0.3, -0.25) is 0 Å². The first-order chi connectivity index (χ1) is 10.1. The quantitative estimate of drug-likeness (QED) is 0.827. The van der Waals surface area contributed by atoms with Crippen molar-refractivity contribution in [1.82, 2.24) is 0 Å². The van der Waals surface area contributed by atoms with Gasteiger partial charge in [-0.1, -0.05) is 47.5 Å². The molecule has 2 rings (SSSR count). The van der Waals surface area contributed by atoms with E-state index in [-0.39, 0.29) is 0 Å². The number of benzene rings is 2. The topological polar surface area (TPSA) is 38.7 Å². The fourth-order valence-electron chi connectivity index (χ4n) is 2.42. The molecule has 2 aromatic carbocycles.